The molecule has 0 aliphatic heterocycles. The van der Waals surface area contributed by atoms with Gasteiger partial charge >= 0.3 is 5.97 Å². The third kappa shape index (κ3) is 2.84. The van der Waals surface area contributed by atoms with Crippen LogP contribution in [-0.2, 0) is 16.1 Å². The number of carbonyl (C=O) groups is 2. The van der Waals surface area contributed by atoms with Gasteiger partial charge in [0.15, 0.2) is 0 Å². The van der Waals surface area contributed by atoms with Crippen molar-refractivity contribution < 1.29 is 14.7 Å². The van der Waals surface area contributed by atoms with Gasteiger partial charge in [-0.2, -0.15) is 0 Å². The lowest BCUT2D eigenvalue weighted by Gasteiger charge is -2.23. The quantitative estimate of drug-likeness (QED) is 0.818. The largest absolute Gasteiger partial charge is 0.481 e. The first-order valence-electron chi connectivity index (χ1n) is 8.39. The Labute approximate surface area is 145 Å². The molecular formula is C19H19N3O3. The molecule has 4 atom stereocenters. The number of amides is 1. The highest BCUT2D eigenvalue weighted by Gasteiger charge is 2.51. The van der Waals surface area contributed by atoms with E-state index < -0.39 is 17.8 Å². The fourth-order valence-electron chi connectivity index (χ4n) is 4.02. The molecule has 1 fully saturated rings. The summed E-state index contributed by atoms with van der Waals surface area (Å²) in [6.45, 7) is 0.396. The second-order valence-electron chi connectivity index (χ2n) is 6.69. The molecule has 1 amide bonds. The number of hydrogen-bond acceptors (Lipinski definition) is 3. The lowest BCUT2D eigenvalue weighted by molar-refractivity contribution is -0.147. The molecule has 1 heterocycles. The maximum Gasteiger partial charge on any atom is 0.307 e. The molecule has 2 aromatic rings. The number of allylic oxidation sites excluding steroid dienone is 2. The maximum absolute atomic E-state index is 12.6. The summed E-state index contributed by atoms with van der Waals surface area (Å²) in [5, 5.41) is 12.3. The van der Waals surface area contributed by atoms with Gasteiger partial charge in [-0.25, -0.2) is 4.98 Å². The third-order valence-electron chi connectivity index (χ3n) is 5.25. The molecule has 2 aliphatic carbocycles. The zero-order chi connectivity index (χ0) is 17.4. The molecule has 6 nitrogen and oxygen atoms in total. The number of nitrogens with one attached hydrogen (secondary N) is 1. The van der Waals surface area contributed by atoms with Crippen molar-refractivity contribution in [1.82, 2.24) is 14.9 Å². The first-order valence-corrected chi connectivity index (χ1v) is 8.39. The Bertz CT molecular complexity index is 811. The summed E-state index contributed by atoms with van der Waals surface area (Å²) in [7, 11) is 0. The minimum atomic E-state index is -0.873. The number of benzene rings is 1. The molecule has 0 saturated heterocycles. The number of carboxylic acid groups (broad SMARTS) is 1. The number of fused-ring (bicyclic) bond motifs is 2. The number of rotatable bonds is 5. The van der Waals surface area contributed by atoms with Crippen LogP contribution in [0, 0.1) is 23.7 Å². The van der Waals surface area contributed by atoms with E-state index >= 15 is 0 Å². The Morgan fingerprint density at radius 1 is 1.16 bits per heavy atom. The van der Waals surface area contributed by atoms with Crippen molar-refractivity contribution in [3.63, 3.8) is 0 Å². The van der Waals surface area contributed by atoms with Crippen LogP contribution < -0.4 is 5.32 Å². The van der Waals surface area contributed by atoms with Gasteiger partial charge in [0.1, 0.15) is 0 Å². The molecular weight excluding hydrogens is 318 g/mol. The van der Waals surface area contributed by atoms with Crippen molar-refractivity contribution in [2.75, 3.05) is 0 Å². The topological polar surface area (TPSA) is 84.2 Å². The van der Waals surface area contributed by atoms with E-state index in [0.29, 0.717) is 6.54 Å². The van der Waals surface area contributed by atoms with Crippen LogP contribution in [0.4, 0.5) is 0 Å². The average Bonchev–Trinajstić information content (AvgIpc) is 3.36. The molecule has 0 radical (unpaired) electrons. The third-order valence-corrected chi connectivity index (χ3v) is 5.25. The standard InChI is InChI=1S/C19H19N3O3/c23-18(16-13-3-4-14(9-13)17(16)19(24)25)21-10-12-1-5-15(6-2-12)22-8-7-20-11-22/h1-8,11,13-14,16-17H,9-10H2,(H,21,23)(H,24,25)/t13-,14-,16-,17+/m0/s1. The molecule has 2 bridgehead atoms. The van der Waals surface area contributed by atoms with Crippen molar-refractivity contribution in [2.24, 2.45) is 23.7 Å². The van der Waals surface area contributed by atoms with E-state index in [1.807, 2.05) is 47.2 Å². The number of nitrogens with zero attached hydrogens (tertiary/aromatic N) is 2. The van der Waals surface area contributed by atoms with Crippen molar-refractivity contribution in [3.8, 4) is 5.69 Å². The SMILES string of the molecule is O=C(NCc1ccc(-n2ccnc2)cc1)[C@@H]1[C@H](C(=O)O)[C@H]2C=C[C@H]1C2. The lowest BCUT2D eigenvalue weighted by atomic mass is 9.82. The first kappa shape index (κ1) is 15.6. The number of hydrogen-bond donors (Lipinski definition) is 2. The minimum Gasteiger partial charge on any atom is -0.481 e. The van der Waals surface area contributed by atoms with Crippen molar-refractivity contribution in [1.29, 1.82) is 0 Å². The number of aromatic nitrogens is 2. The number of carboxylic acids is 1. The van der Waals surface area contributed by atoms with Gasteiger partial charge in [0.25, 0.3) is 0 Å². The average molecular weight is 337 g/mol. The highest BCUT2D eigenvalue weighted by Crippen LogP contribution is 2.48. The van der Waals surface area contributed by atoms with E-state index in [2.05, 4.69) is 10.3 Å². The summed E-state index contributed by atoms with van der Waals surface area (Å²) in [6.07, 6.45) is 10.0. The van der Waals surface area contributed by atoms with Crippen LogP contribution in [0.1, 0.15) is 12.0 Å². The van der Waals surface area contributed by atoms with Gasteiger partial charge in [-0.3, -0.25) is 9.59 Å². The van der Waals surface area contributed by atoms with Gasteiger partial charge in [0.2, 0.25) is 5.91 Å². The van der Waals surface area contributed by atoms with E-state index in [0.717, 1.165) is 17.7 Å². The smallest absolute Gasteiger partial charge is 0.307 e. The molecule has 128 valence electrons. The summed E-state index contributed by atoms with van der Waals surface area (Å²) < 4.78 is 1.90. The molecule has 4 rings (SSSR count). The van der Waals surface area contributed by atoms with Gasteiger partial charge in [-0.15, -0.1) is 0 Å². The number of carbonyl (C=O) groups excluding carboxylic acids is 1. The van der Waals surface area contributed by atoms with E-state index in [1.54, 1.807) is 12.5 Å². The summed E-state index contributed by atoms with van der Waals surface area (Å²) in [5.74, 6) is -2.05. The molecule has 2 aliphatic rings. The Hall–Kier alpha value is -2.89. The summed E-state index contributed by atoms with van der Waals surface area (Å²) >= 11 is 0. The minimum absolute atomic E-state index is 0.00675. The van der Waals surface area contributed by atoms with E-state index in [1.165, 1.54) is 0 Å². The molecule has 0 spiro atoms. The van der Waals surface area contributed by atoms with Crippen LogP contribution in [-0.4, -0.2) is 26.5 Å². The van der Waals surface area contributed by atoms with Crippen LogP contribution in [0.5, 0.6) is 0 Å². The molecule has 1 aromatic heterocycles. The van der Waals surface area contributed by atoms with Gasteiger partial charge < -0.3 is 15.0 Å². The highest BCUT2D eigenvalue weighted by molar-refractivity contribution is 5.86. The van der Waals surface area contributed by atoms with E-state index in [9.17, 15) is 14.7 Å². The van der Waals surface area contributed by atoms with E-state index in [4.69, 9.17) is 0 Å². The van der Waals surface area contributed by atoms with Gasteiger partial charge in [0.05, 0.1) is 18.2 Å². The summed E-state index contributed by atoms with van der Waals surface area (Å²) in [5.41, 5.74) is 1.97. The lowest BCUT2D eigenvalue weighted by Crippen LogP contribution is -2.39. The normalized spacial score (nSPS) is 26.7. The second kappa shape index (κ2) is 6.20. The highest BCUT2D eigenvalue weighted by atomic mass is 16.4. The van der Waals surface area contributed by atoms with Crippen molar-refractivity contribution in [2.45, 2.75) is 13.0 Å². The first-order chi connectivity index (χ1) is 12.1. The molecule has 1 aromatic carbocycles. The zero-order valence-electron chi connectivity index (χ0n) is 13.6. The van der Waals surface area contributed by atoms with Crippen LogP contribution in [0.15, 0.2) is 55.1 Å². The molecule has 1 saturated carbocycles. The summed E-state index contributed by atoms with van der Waals surface area (Å²) in [4.78, 5) is 28.1. The summed E-state index contributed by atoms with van der Waals surface area (Å²) in [6, 6.07) is 7.82. The molecule has 6 heteroatoms. The predicted molar refractivity (Wildman–Crippen MR) is 90.8 cm³/mol. The maximum atomic E-state index is 12.6. The Kier molecular flexibility index (Phi) is 3.87. The Morgan fingerprint density at radius 3 is 2.52 bits per heavy atom. The van der Waals surface area contributed by atoms with Gasteiger partial charge in [-0.05, 0) is 36.0 Å². The van der Waals surface area contributed by atoms with Crippen molar-refractivity contribution >= 4 is 11.9 Å². The van der Waals surface area contributed by atoms with Crippen LogP contribution in [0.2, 0.25) is 0 Å². The molecule has 0 unspecified atom stereocenters. The predicted octanol–water partition coefficient (Wildman–Crippen LogP) is 2.01. The number of aliphatic carboxylic acids is 1. The van der Waals surface area contributed by atoms with Gasteiger partial charge in [-0.1, -0.05) is 24.3 Å². The second-order valence-corrected chi connectivity index (χ2v) is 6.69. The zero-order valence-corrected chi connectivity index (χ0v) is 13.6. The van der Waals surface area contributed by atoms with Crippen LogP contribution in [0.3, 0.4) is 0 Å². The van der Waals surface area contributed by atoms with E-state index in [-0.39, 0.29) is 17.7 Å². The van der Waals surface area contributed by atoms with Crippen LogP contribution >= 0.6 is 0 Å². The monoisotopic (exact) mass is 337 g/mol. The fraction of sp³-hybridized carbons (Fsp3) is 0.316. The Morgan fingerprint density at radius 2 is 1.88 bits per heavy atom. The fourth-order valence-corrected chi connectivity index (χ4v) is 4.02. The van der Waals surface area contributed by atoms with Crippen LogP contribution in [0.25, 0.3) is 5.69 Å². The Balaban J connectivity index is 1.40. The van der Waals surface area contributed by atoms with Gasteiger partial charge in [0, 0.05) is 24.6 Å². The van der Waals surface area contributed by atoms with Crippen molar-refractivity contribution in [3.05, 3.63) is 60.7 Å². The number of imidazole rings is 1. The molecule has 25 heavy (non-hydrogen) atoms. The molecule has 2 N–H and O–H groups in total.